The van der Waals surface area contributed by atoms with Crippen molar-refractivity contribution in [2.24, 2.45) is 5.41 Å². The molecular weight excluding hydrogens is 234 g/mol. The third-order valence-electron chi connectivity index (χ3n) is 4.30. The number of ether oxygens (including phenoxy) is 1. The number of thioether (sulfide) groups is 1. The summed E-state index contributed by atoms with van der Waals surface area (Å²) in [6.45, 7) is 2.85. The predicted molar refractivity (Wildman–Crippen MR) is 71.2 cm³/mol. The average molecular weight is 257 g/mol. The lowest BCUT2D eigenvalue weighted by molar-refractivity contribution is -0.142. The molecule has 17 heavy (non-hydrogen) atoms. The van der Waals surface area contributed by atoms with Crippen molar-refractivity contribution in [1.29, 1.82) is 0 Å². The van der Waals surface area contributed by atoms with Crippen molar-refractivity contribution in [3.05, 3.63) is 0 Å². The lowest BCUT2D eigenvalue weighted by Crippen LogP contribution is -2.63. The van der Waals surface area contributed by atoms with E-state index in [1.807, 2.05) is 6.26 Å². The van der Waals surface area contributed by atoms with Crippen molar-refractivity contribution in [3.8, 4) is 0 Å². The van der Waals surface area contributed by atoms with Gasteiger partial charge in [0.05, 0.1) is 11.9 Å². The van der Waals surface area contributed by atoms with Crippen LogP contribution in [0.5, 0.6) is 0 Å². The van der Waals surface area contributed by atoms with Gasteiger partial charge in [0.1, 0.15) is 0 Å². The van der Waals surface area contributed by atoms with Crippen LogP contribution in [0.3, 0.4) is 0 Å². The van der Waals surface area contributed by atoms with Crippen LogP contribution in [0.2, 0.25) is 0 Å². The smallest absolute Gasteiger partial charge is 0.230 e. The molecule has 0 saturated heterocycles. The topological polar surface area (TPSA) is 38.3 Å². The van der Waals surface area contributed by atoms with Crippen LogP contribution in [0, 0.1) is 5.41 Å². The molecule has 2 aliphatic rings. The number of carbonyl (C=O) groups is 1. The number of amides is 1. The maximum Gasteiger partial charge on any atom is 0.230 e. The van der Waals surface area contributed by atoms with E-state index in [4.69, 9.17) is 4.74 Å². The molecule has 2 aliphatic carbocycles. The standard InChI is InChI=1S/C13H23NO2S/c1-3-16-11-8-10(14-12(15)9-17-2)13(11)6-4-5-7-13/h10-11H,3-9H2,1-2H3,(H,14,15). The second-order valence-corrected chi connectivity index (χ2v) is 6.04. The van der Waals surface area contributed by atoms with Crippen LogP contribution >= 0.6 is 11.8 Å². The van der Waals surface area contributed by atoms with E-state index in [2.05, 4.69) is 12.2 Å². The molecule has 1 amide bonds. The van der Waals surface area contributed by atoms with E-state index in [9.17, 15) is 4.79 Å². The number of hydrogen-bond donors (Lipinski definition) is 1. The summed E-state index contributed by atoms with van der Waals surface area (Å²) in [6.07, 6.45) is 8.39. The van der Waals surface area contributed by atoms with E-state index in [0.29, 0.717) is 17.9 Å². The molecule has 0 bridgehead atoms. The molecule has 0 aromatic carbocycles. The summed E-state index contributed by atoms with van der Waals surface area (Å²) in [4.78, 5) is 11.7. The van der Waals surface area contributed by atoms with E-state index in [0.717, 1.165) is 13.0 Å². The van der Waals surface area contributed by atoms with Crippen LogP contribution in [0.15, 0.2) is 0 Å². The van der Waals surface area contributed by atoms with Gasteiger partial charge >= 0.3 is 0 Å². The Morgan fingerprint density at radius 1 is 1.47 bits per heavy atom. The van der Waals surface area contributed by atoms with E-state index in [1.165, 1.54) is 25.7 Å². The Hall–Kier alpha value is -0.220. The molecule has 2 unspecified atom stereocenters. The Kier molecular flexibility index (Phi) is 4.36. The second kappa shape index (κ2) is 5.61. The molecule has 0 heterocycles. The first-order valence-corrected chi connectivity index (χ1v) is 8.02. The third-order valence-corrected chi connectivity index (χ3v) is 4.85. The largest absolute Gasteiger partial charge is 0.378 e. The zero-order chi connectivity index (χ0) is 12.3. The van der Waals surface area contributed by atoms with Gasteiger partial charge in [0.25, 0.3) is 0 Å². The van der Waals surface area contributed by atoms with Gasteiger partial charge in [-0.2, -0.15) is 11.8 Å². The van der Waals surface area contributed by atoms with E-state index in [1.54, 1.807) is 11.8 Å². The van der Waals surface area contributed by atoms with Crippen LogP contribution in [0.4, 0.5) is 0 Å². The first-order chi connectivity index (χ1) is 8.23. The highest BCUT2D eigenvalue weighted by Gasteiger charge is 2.57. The molecule has 3 nitrogen and oxygen atoms in total. The fourth-order valence-corrected chi connectivity index (χ4v) is 3.80. The van der Waals surface area contributed by atoms with E-state index in [-0.39, 0.29) is 11.3 Å². The van der Waals surface area contributed by atoms with Gasteiger partial charge in [0.15, 0.2) is 0 Å². The summed E-state index contributed by atoms with van der Waals surface area (Å²) in [5, 5.41) is 3.20. The molecule has 0 aromatic heterocycles. The summed E-state index contributed by atoms with van der Waals surface area (Å²) in [7, 11) is 0. The van der Waals surface area contributed by atoms with Crippen LogP contribution in [0.25, 0.3) is 0 Å². The first-order valence-electron chi connectivity index (χ1n) is 6.63. The molecule has 2 rings (SSSR count). The highest BCUT2D eigenvalue weighted by atomic mass is 32.2. The van der Waals surface area contributed by atoms with Crippen molar-refractivity contribution >= 4 is 17.7 Å². The van der Waals surface area contributed by atoms with Gasteiger partial charge in [-0.25, -0.2) is 0 Å². The molecule has 0 aromatic rings. The summed E-state index contributed by atoms with van der Waals surface area (Å²) in [5.74, 6) is 0.759. The van der Waals surface area contributed by atoms with Gasteiger partial charge in [0, 0.05) is 18.1 Å². The molecule has 0 radical (unpaired) electrons. The fraction of sp³-hybridized carbons (Fsp3) is 0.923. The molecule has 1 N–H and O–H groups in total. The Bertz CT molecular complexity index is 277. The monoisotopic (exact) mass is 257 g/mol. The quantitative estimate of drug-likeness (QED) is 0.820. The molecule has 2 atom stereocenters. The zero-order valence-corrected chi connectivity index (χ0v) is 11.6. The van der Waals surface area contributed by atoms with Crippen LogP contribution in [0.1, 0.15) is 39.0 Å². The van der Waals surface area contributed by atoms with Gasteiger partial charge in [-0.3, -0.25) is 4.79 Å². The number of rotatable bonds is 5. The molecule has 1 spiro atoms. The maximum atomic E-state index is 11.7. The van der Waals surface area contributed by atoms with Crippen molar-refractivity contribution in [2.45, 2.75) is 51.2 Å². The molecule has 4 heteroatoms. The van der Waals surface area contributed by atoms with Crippen molar-refractivity contribution in [3.63, 3.8) is 0 Å². The molecule has 2 fully saturated rings. The average Bonchev–Trinajstić information content (AvgIpc) is 2.80. The van der Waals surface area contributed by atoms with Gasteiger partial charge in [0.2, 0.25) is 5.91 Å². The van der Waals surface area contributed by atoms with Gasteiger partial charge < -0.3 is 10.1 Å². The number of nitrogens with one attached hydrogen (secondary N) is 1. The van der Waals surface area contributed by atoms with Gasteiger partial charge in [-0.05, 0) is 32.4 Å². The first kappa shape index (κ1) is 13.2. The van der Waals surface area contributed by atoms with Crippen molar-refractivity contribution < 1.29 is 9.53 Å². The molecule has 0 aliphatic heterocycles. The number of carbonyl (C=O) groups excluding carboxylic acids is 1. The minimum atomic E-state index is 0.184. The van der Waals surface area contributed by atoms with Crippen molar-refractivity contribution in [2.75, 3.05) is 18.6 Å². The zero-order valence-electron chi connectivity index (χ0n) is 10.8. The highest BCUT2D eigenvalue weighted by Crippen LogP contribution is 2.54. The highest BCUT2D eigenvalue weighted by molar-refractivity contribution is 7.99. The lowest BCUT2D eigenvalue weighted by atomic mass is 9.60. The summed E-state index contributed by atoms with van der Waals surface area (Å²) in [5.41, 5.74) is 0.268. The van der Waals surface area contributed by atoms with Gasteiger partial charge in [-0.15, -0.1) is 0 Å². The second-order valence-electron chi connectivity index (χ2n) is 5.17. The van der Waals surface area contributed by atoms with E-state index >= 15 is 0 Å². The summed E-state index contributed by atoms with van der Waals surface area (Å²) < 4.78 is 5.83. The molecule has 2 saturated carbocycles. The summed E-state index contributed by atoms with van der Waals surface area (Å²) >= 11 is 1.59. The van der Waals surface area contributed by atoms with Crippen LogP contribution in [-0.4, -0.2) is 36.7 Å². The van der Waals surface area contributed by atoms with Crippen molar-refractivity contribution in [1.82, 2.24) is 5.32 Å². The minimum absolute atomic E-state index is 0.184. The fourth-order valence-electron chi connectivity index (χ4n) is 3.46. The SMILES string of the molecule is CCOC1CC(NC(=O)CSC)C12CCCC2. The van der Waals surface area contributed by atoms with Crippen LogP contribution < -0.4 is 5.32 Å². The van der Waals surface area contributed by atoms with Crippen LogP contribution in [-0.2, 0) is 9.53 Å². The molecule has 98 valence electrons. The van der Waals surface area contributed by atoms with E-state index < -0.39 is 0 Å². The number of hydrogen-bond acceptors (Lipinski definition) is 3. The maximum absolute atomic E-state index is 11.7. The minimum Gasteiger partial charge on any atom is -0.378 e. The Balaban J connectivity index is 1.93. The Morgan fingerprint density at radius 2 is 2.18 bits per heavy atom. The van der Waals surface area contributed by atoms with Gasteiger partial charge in [-0.1, -0.05) is 12.8 Å². The molecular formula is C13H23NO2S. The predicted octanol–water partition coefficient (Wildman–Crippen LogP) is 2.20. The Morgan fingerprint density at radius 3 is 2.76 bits per heavy atom. The lowest BCUT2D eigenvalue weighted by Gasteiger charge is -2.54. The summed E-state index contributed by atoms with van der Waals surface area (Å²) in [6, 6.07) is 0.362. The normalized spacial score (nSPS) is 30.2. The third kappa shape index (κ3) is 2.48. The Labute approximate surface area is 108 Å².